The molecule has 6 rings (SSSR count). The van der Waals surface area contributed by atoms with Crippen molar-refractivity contribution in [1.82, 2.24) is 24.8 Å². The van der Waals surface area contributed by atoms with Gasteiger partial charge in [0.2, 0.25) is 0 Å². The van der Waals surface area contributed by atoms with Crippen LogP contribution in [0.15, 0.2) is 54.9 Å². The summed E-state index contributed by atoms with van der Waals surface area (Å²) in [6.45, 7) is 1.96. The fourth-order valence-electron chi connectivity index (χ4n) is 4.52. The van der Waals surface area contributed by atoms with Crippen molar-refractivity contribution in [3.8, 4) is 17.1 Å². The van der Waals surface area contributed by atoms with E-state index in [4.69, 9.17) is 21.6 Å². The molecular formula is C22H18ClFN6. The van der Waals surface area contributed by atoms with Gasteiger partial charge in [-0.1, -0.05) is 11.6 Å². The van der Waals surface area contributed by atoms with Gasteiger partial charge >= 0.3 is 0 Å². The van der Waals surface area contributed by atoms with E-state index >= 15 is 0 Å². The van der Waals surface area contributed by atoms with E-state index in [1.54, 1.807) is 24.5 Å². The molecule has 1 N–H and O–H groups in total. The van der Waals surface area contributed by atoms with E-state index < -0.39 is 5.82 Å². The molecule has 3 aromatic heterocycles. The second-order valence-electron chi connectivity index (χ2n) is 7.76. The van der Waals surface area contributed by atoms with E-state index in [0.29, 0.717) is 17.9 Å². The minimum absolute atomic E-state index is 0.0649. The third kappa shape index (κ3) is 2.77. The molecule has 2 fully saturated rings. The molecule has 2 atom stereocenters. The second-order valence-corrected chi connectivity index (χ2v) is 8.17. The number of piperazine rings is 1. The molecule has 1 aromatic carbocycles. The van der Waals surface area contributed by atoms with Crippen molar-refractivity contribution in [3.05, 3.63) is 65.7 Å². The third-order valence-electron chi connectivity index (χ3n) is 5.94. The summed E-state index contributed by atoms with van der Waals surface area (Å²) >= 11 is 6.06. The van der Waals surface area contributed by atoms with Gasteiger partial charge in [0.1, 0.15) is 23.0 Å². The van der Waals surface area contributed by atoms with Crippen LogP contribution in [0, 0.1) is 5.82 Å². The van der Waals surface area contributed by atoms with E-state index in [0.717, 1.165) is 47.7 Å². The summed E-state index contributed by atoms with van der Waals surface area (Å²) in [4.78, 5) is 16.3. The lowest BCUT2D eigenvalue weighted by molar-refractivity contribution is 0.577. The van der Waals surface area contributed by atoms with Gasteiger partial charge in [-0.25, -0.2) is 14.4 Å². The van der Waals surface area contributed by atoms with Gasteiger partial charge in [0.05, 0.1) is 10.7 Å². The maximum absolute atomic E-state index is 13.8. The summed E-state index contributed by atoms with van der Waals surface area (Å²) in [5, 5.41) is 3.59. The first-order valence-electron chi connectivity index (χ1n) is 9.93. The number of hydrogen-bond donors (Lipinski definition) is 1. The topological polar surface area (TPSA) is 58.9 Å². The molecule has 6 nitrogen and oxygen atoms in total. The normalized spacial score (nSPS) is 20.4. The predicted molar refractivity (Wildman–Crippen MR) is 115 cm³/mol. The molecule has 150 valence electrons. The Morgan fingerprint density at radius 2 is 1.93 bits per heavy atom. The zero-order valence-electron chi connectivity index (χ0n) is 16.0. The van der Waals surface area contributed by atoms with E-state index in [1.807, 2.05) is 28.8 Å². The molecule has 0 aliphatic carbocycles. The number of anilines is 1. The van der Waals surface area contributed by atoms with Gasteiger partial charge < -0.3 is 10.2 Å². The first-order valence-corrected chi connectivity index (χ1v) is 10.3. The Labute approximate surface area is 177 Å². The van der Waals surface area contributed by atoms with Crippen LogP contribution in [0.4, 0.5) is 10.2 Å². The zero-order chi connectivity index (χ0) is 20.2. The van der Waals surface area contributed by atoms with E-state index in [-0.39, 0.29) is 5.02 Å². The molecule has 2 aliphatic rings. The fourth-order valence-corrected chi connectivity index (χ4v) is 4.70. The standard InChI is InChI=1S/C22H18ClFN6/c23-17-9-13(1-2-18(17)24)21-27-19-3-4-20(29-12-14-10-16(29)11-26-14)28-22(19)30(21)15-5-7-25-8-6-15/h1-9,14,16,26H,10-12H2/t14-,16-/m1/s1. The Hall–Kier alpha value is -3.03. The number of fused-ring (bicyclic) bond motifs is 3. The number of aromatic nitrogens is 4. The van der Waals surface area contributed by atoms with Crippen molar-refractivity contribution < 1.29 is 4.39 Å². The van der Waals surface area contributed by atoms with Gasteiger partial charge in [0.15, 0.2) is 5.65 Å². The lowest BCUT2D eigenvalue weighted by Gasteiger charge is -2.28. The number of nitrogens with zero attached hydrogens (tertiary/aromatic N) is 5. The van der Waals surface area contributed by atoms with Gasteiger partial charge in [-0.2, -0.15) is 0 Å². The highest BCUT2D eigenvalue weighted by atomic mass is 35.5. The minimum Gasteiger partial charge on any atom is -0.351 e. The van der Waals surface area contributed by atoms with Crippen LogP contribution in [-0.2, 0) is 0 Å². The summed E-state index contributed by atoms with van der Waals surface area (Å²) in [6.07, 6.45) is 4.62. The number of benzene rings is 1. The number of imidazole rings is 1. The number of pyridine rings is 2. The van der Waals surface area contributed by atoms with Crippen molar-refractivity contribution in [2.24, 2.45) is 0 Å². The van der Waals surface area contributed by atoms with Gasteiger partial charge in [-0.05, 0) is 48.9 Å². The van der Waals surface area contributed by atoms with Gasteiger partial charge in [0.25, 0.3) is 0 Å². The molecule has 0 spiro atoms. The first-order chi connectivity index (χ1) is 14.7. The highest BCUT2D eigenvalue weighted by molar-refractivity contribution is 6.31. The summed E-state index contributed by atoms with van der Waals surface area (Å²) in [5.41, 5.74) is 3.14. The molecule has 2 aliphatic heterocycles. The zero-order valence-corrected chi connectivity index (χ0v) is 16.7. The van der Waals surface area contributed by atoms with Gasteiger partial charge in [0, 0.05) is 43.1 Å². The van der Waals surface area contributed by atoms with Crippen LogP contribution in [0.25, 0.3) is 28.2 Å². The average molecular weight is 421 g/mol. The van der Waals surface area contributed by atoms with Crippen molar-refractivity contribution in [1.29, 1.82) is 0 Å². The number of rotatable bonds is 3. The van der Waals surface area contributed by atoms with Crippen LogP contribution in [-0.4, -0.2) is 44.7 Å². The molecule has 2 bridgehead atoms. The first kappa shape index (κ1) is 17.8. The van der Waals surface area contributed by atoms with Crippen LogP contribution in [0.5, 0.6) is 0 Å². The molecule has 8 heteroatoms. The third-order valence-corrected chi connectivity index (χ3v) is 6.23. The number of nitrogens with one attached hydrogen (secondary N) is 1. The molecule has 0 unspecified atom stereocenters. The second kappa shape index (κ2) is 6.75. The maximum atomic E-state index is 13.8. The van der Waals surface area contributed by atoms with Crippen LogP contribution in [0.3, 0.4) is 0 Å². The Balaban J connectivity index is 1.56. The predicted octanol–water partition coefficient (Wildman–Crippen LogP) is 3.83. The SMILES string of the molecule is Fc1ccc(-c2nc3ccc(N4C[C@H]5C[C@@H]4CN5)nc3n2-c2ccncc2)cc1Cl. The maximum Gasteiger partial charge on any atom is 0.167 e. The van der Waals surface area contributed by atoms with Crippen molar-refractivity contribution >= 4 is 28.6 Å². The lowest BCUT2D eigenvalue weighted by Crippen LogP contribution is -2.44. The van der Waals surface area contributed by atoms with E-state index in [9.17, 15) is 4.39 Å². The summed E-state index contributed by atoms with van der Waals surface area (Å²) in [6, 6.07) is 13.5. The Morgan fingerprint density at radius 3 is 2.67 bits per heavy atom. The number of halogens is 2. The van der Waals surface area contributed by atoms with E-state index in [2.05, 4.69) is 15.2 Å². The van der Waals surface area contributed by atoms with Crippen molar-refractivity contribution in [2.45, 2.75) is 18.5 Å². The van der Waals surface area contributed by atoms with Crippen LogP contribution in [0.1, 0.15) is 6.42 Å². The molecule has 0 amide bonds. The van der Waals surface area contributed by atoms with Crippen molar-refractivity contribution in [2.75, 3.05) is 18.0 Å². The quantitative estimate of drug-likeness (QED) is 0.546. The monoisotopic (exact) mass is 420 g/mol. The van der Waals surface area contributed by atoms with Crippen LogP contribution in [0.2, 0.25) is 5.02 Å². The molecular weight excluding hydrogens is 403 g/mol. The molecule has 5 heterocycles. The molecule has 0 saturated carbocycles. The molecule has 4 aromatic rings. The van der Waals surface area contributed by atoms with Gasteiger partial charge in [-0.15, -0.1) is 0 Å². The lowest BCUT2D eigenvalue weighted by atomic mass is 10.2. The van der Waals surface area contributed by atoms with Crippen molar-refractivity contribution in [3.63, 3.8) is 0 Å². The van der Waals surface area contributed by atoms with Gasteiger partial charge in [-0.3, -0.25) is 9.55 Å². The summed E-state index contributed by atoms with van der Waals surface area (Å²) in [5.74, 6) is 1.16. The van der Waals surface area contributed by atoms with Crippen LogP contribution < -0.4 is 10.2 Å². The van der Waals surface area contributed by atoms with Crippen LogP contribution >= 0.6 is 11.6 Å². The fraction of sp³-hybridized carbons (Fsp3) is 0.227. The number of hydrogen-bond acceptors (Lipinski definition) is 5. The largest absolute Gasteiger partial charge is 0.351 e. The summed E-state index contributed by atoms with van der Waals surface area (Å²) in [7, 11) is 0. The van der Waals surface area contributed by atoms with E-state index in [1.165, 1.54) is 6.07 Å². The highest BCUT2D eigenvalue weighted by Gasteiger charge is 2.38. The average Bonchev–Trinajstić information content (AvgIpc) is 3.49. The minimum atomic E-state index is -0.454. The smallest absolute Gasteiger partial charge is 0.167 e. The highest BCUT2D eigenvalue weighted by Crippen LogP contribution is 2.33. The Kier molecular flexibility index (Phi) is 4.01. The Morgan fingerprint density at radius 1 is 1.07 bits per heavy atom. The Bertz CT molecular complexity index is 1260. The molecule has 2 saturated heterocycles. The molecule has 30 heavy (non-hydrogen) atoms. The molecule has 0 radical (unpaired) electrons. The summed E-state index contributed by atoms with van der Waals surface area (Å²) < 4.78 is 15.7.